The molecule has 8 aromatic rings. The summed E-state index contributed by atoms with van der Waals surface area (Å²) in [6, 6.07) is 42.0. The van der Waals surface area contributed by atoms with Crippen molar-refractivity contribution >= 4 is 149 Å². The van der Waals surface area contributed by atoms with Gasteiger partial charge in [0.2, 0.25) is 29.5 Å². The van der Waals surface area contributed by atoms with Gasteiger partial charge < -0.3 is 45.5 Å². The van der Waals surface area contributed by atoms with E-state index in [9.17, 15) is 97.9 Å². The predicted molar refractivity (Wildman–Crippen MR) is 488 cm³/mol. The average molecular weight is 1910 g/mol. The van der Waals surface area contributed by atoms with Crippen LogP contribution in [0.5, 0.6) is 0 Å². The zero-order valence-electron chi connectivity index (χ0n) is 72.8. The van der Waals surface area contributed by atoms with Crippen molar-refractivity contribution in [1.29, 1.82) is 0 Å². The molecule has 8 N–H and O–H groups in total. The average Bonchev–Trinajstić information content (AvgIpc) is 1.59. The molecule has 702 valence electrons. The molecule has 0 bridgehead atoms. The molecule has 8 aromatic carbocycles. The van der Waals surface area contributed by atoms with Gasteiger partial charge in [-0.25, -0.2) is 5.26 Å². The fraction of sp³-hybridized carbons (Fsp3) is 0.232. The number of rotatable bonds is 33. The number of carbonyl (C=O) groups is 15. The van der Waals surface area contributed by atoms with Crippen molar-refractivity contribution in [1.82, 2.24) is 24.5 Å². The van der Waals surface area contributed by atoms with Crippen molar-refractivity contribution < 1.29 is 131 Å². The molecule has 0 fully saturated rings. The Kier molecular flexibility index (Phi) is 30.3. The van der Waals surface area contributed by atoms with Crippen molar-refractivity contribution in [3.63, 3.8) is 0 Å². The summed E-state index contributed by atoms with van der Waals surface area (Å²) in [5.74, 6) is -6.96. The summed E-state index contributed by atoms with van der Waals surface area (Å²) >= 11 is 0.872. The van der Waals surface area contributed by atoms with E-state index >= 15 is 0 Å². The molecule has 5 aliphatic heterocycles. The van der Waals surface area contributed by atoms with Gasteiger partial charge >= 0.3 is 0 Å². The molecule has 4 aliphatic carbocycles. The highest BCUT2D eigenvalue weighted by Gasteiger charge is 2.40. The topological polar surface area (TPSA) is 517 Å². The van der Waals surface area contributed by atoms with Crippen LogP contribution >= 0.6 is 12.0 Å². The minimum Gasteiger partial charge on any atom is -0.384 e. The molecule has 0 spiro atoms. The number of benzene rings is 8. The molecular weight excluding hydrogens is 1830 g/mol. The van der Waals surface area contributed by atoms with E-state index in [1.165, 1.54) is 62.8 Å². The molecule has 38 nitrogen and oxygen atoms in total. The van der Waals surface area contributed by atoms with Gasteiger partial charge in [0, 0.05) is 233 Å². The lowest BCUT2D eigenvalue weighted by atomic mass is 9.97. The normalized spacial score (nSPS) is 16.5. The molecule has 136 heavy (non-hydrogen) atoms. The zero-order chi connectivity index (χ0) is 97.1. The third-order valence-electron chi connectivity index (χ3n) is 23.3. The highest BCUT2D eigenvalue weighted by Crippen LogP contribution is 2.54. The number of anilines is 5. The molecule has 0 saturated heterocycles. The number of amides is 15. The van der Waals surface area contributed by atoms with Crippen LogP contribution in [0.4, 0.5) is 28.4 Å². The van der Waals surface area contributed by atoms with Gasteiger partial charge in [-0.05, 0) is 140 Å². The fourth-order valence-corrected chi connectivity index (χ4v) is 19.2. The third-order valence-corrected chi connectivity index (χ3v) is 25.7. The highest BCUT2D eigenvalue weighted by atomic mass is 32.2. The number of ether oxygens (including phenoxy) is 4. The molecule has 5 heterocycles. The molecule has 41 heteroatoms. The van der Waals surface area contributed by atoms with Crippen LogP contribution < -0.4 is 26.6 Å². The fourth-order valence-electron chi connectivity index (χ4n) is 17.3. The lowest BCUT2D eigenvalue weighted by molar-refractivity contribution is -0.432. The van der Waals surface area contributed by atoms with Crippen LogP contribution in [0.3, 0.4) is 0 Å². The van der Waals surface area contributed by atoms with Gasteiger partial charge in [0.1, 0.15) is 9.79 Å². The first-order valence-electron chi connectivity index (χ1n) is 42.0. The van der Waals surface area contributed by atoms with Crippen LogP contribution in [-0.4, -0.2) is 232 Å². The van der Waals surface area contributed by atoms with Crippen LogP contribution in [0.1, 0.15) is 100 Å². The van der Waals surface area contributed by atoms with Crippen LogP contribution in [0.25, 0.3) is 44.5 Å². The molecule has 0 aromatic heterocycles. The number of carbonyl (C=O) groups excluding carboxylic acids is 15. The lowest BCUT2D eigenvalue weighted by Crippen LogP contribution is -2.33. The first kappa shape index (κ1) is 97.4. The Morgan fingerprint density at radius 3 is 0.926 bits per heavy atom. The summed E-state index contributed by atoms with van der Waals surface area (Å²) in [7, 11) is -2.68. The monoisotopic (exact) mass is 1910 g/mol. The standard InChI is InChI=1S/C29H26N4O7.3C22H20N2O7S/c1-40-16-23-21-14-17(30-24(34)10-12-32-26(36)6-7-27(32)37)2-4-19(21)20-5-3-18(15-22(20)23)31-25(35)11-13-33-28(38)8-9-29(33)39;1-31-12-15-13-4-2-6-16(23-18(25)10-11-24-19(26)8-9-20(24)27)21(13)22-14(15)5-3-7-17(22)32(28,29)30;1-29-12-17-14-3-2-4-18(23-19(25)9-10-24-20(26)7-8-21(24)27)22(14)15-6-5-13(11-16(15)17)32-31-30-28;1-31-12-17-14-3-2-4-18(32(28,29)30)22(14)15-6-5-13(11-16(15)17)23-19(25)9-10-24-20(26)7-8-21(24)27/h2-9,14-15,23H,10-13,16H2,1H3,(H,30,34)(H,31,35);2-9,15H,10-12H2,1H3,(H,23,25)(H,28,29,30);2-8,11,17,28H,9-10,12H2,1H3,(H,23,25);2-8,11,17H,9-10,12H2,1H3,(H,23,25)(H,28,29,30). The van der Waals surface area contributed by atoms with E-state index in [1.807, 2.05) is 66.7 Å². The quantitative estimate of drug-likeness (QED) is 0.00625. The SMILES string of the molecule is COCC1c2cc(NC(=O)CCN3C(=O)C=CC3=O)ccc2-c2c1cccc2S(=O)(=O)O.COCC1c2cc(NC(=O)CCN3C(=O)C=CC3=O)ccc2-c2ccc(NC(=O)CCN3C(=O)C=CC3=O)cc21.COCC1c2cc(SOOO)ccc2-c2c(NC(=O)CCN3C(=O)C=CC3=O)cccc21.COCC1c2cccc(NC(=O)CCN3C(=O)C=CC3=O)c2-c2c1cccc2S(=O)(=O)O. The molecule has 9 aliphatic rings. The van der Waals surface area contributed by atoms with E-state index in [4.69, 9.17) is 24.2 Å². The number of methoxy groups -OCH3 is 4. The zero-order valence-corrected chi connectivity index (χ0v) is 75.3. The summed E-state index contributed by atoms with van der Waals surface area (Å²) in [6.07, 6.45) is 11.5. The van der Waals surface area contributed by atoms with E-state index in [2.05, 4.69) is 36.0 Å². The van der Waals surface area contributed by atoms with Crippen LogP contribution in [0, 0.1) is 0 Å². The van der Waals surface area contributed by atoms with Gasteiger partial charge in [-0.2, -0.15) is 16.8 Å². The molecule has 17 rings (SSSR count). The summed E-state index contributed by atoms with van der Waals surface area (Å²) < 4.78 is 93.6. The molecule has 0 radical (unpaired) electrons. The second-order valence-corrected chi connectivity index (χ2v) is 35.2. The van der Waals surface area contributed by atoms with Gasteiger partial charge in [0.05, 0.1) is 38.5 Å². The van der Waals surface area contributed by atoms with E-state index < -0.39 is 85.2 Å². The first-order chi connectivity index (χ1) is 65.2. The van der Waals surface area contributed by atoms with Gasteiger partial charge in [-0.15, -0.1) is 4.33 Å². The maximum Gasteiger partial charge on any atom is 0.295 e. The molecule has 3 atom stereocenters. The number of hydrogen-bond acceptors (Lipinski definition) is 27. The Morgan fingerprint density at radius 1 is 0.316 bits per heavy atom. The Hall–Kier alpha value is -14.6. The Labute approximate surface area is 780 Å². The first-order valence-corrected chi connectivity index (χ1v) is 45.6. The van der Waals surface area contributed by atoms with Crippen LogP contribution in [-0.2, 0) is 120 Å². The minimum absolute atomic E-state index is 0.00475. The van der Waals surface area contributed by atoms with Crippen molar-refractivity contribution in [3.8, 4) is 44.5 Å². The summed E-state index contributed by atoms with van der Waals surface area (Å²) in [6.45, 7) is 1.26. The van der Waals surface area contributed by atoms with E-state index in [-0.39, 0.29) is 135 Å². The van der Waals surface area contributed by atoms with Crippen molar-refractivity contribution in [3.05, 3.63) is 251 Å². The Morgan fingerprint density at radius 2 is 0.581 bits per heavy atom. The largest absolute Gasteiger partial charge is 0.384 e. The van der Waals surface area contributed by atoms with Crippen molar-refractivity contribution in [2.45, 2.75) is 70.5 Å². The predicted octanol–water partition coefficient (Wildman–Crippen LogP) is 8.97. The van der Waals surface area contributed by atoms with Crippen molar-refractivity contribution in [2.75, 3.05) is 114 Å². The third kappa shape index (κ3) is 21.4. The van der Waals surface area contributed by atoms with Gasteiger partial charge in [-0.1, -0.05) is 77.8 Å². The minimum atomic E-state index is -4.53. The Balaban J connectivity index is 0.000000146. The van der Waals surface area contributed by atoms with E-state index in [1.54, 1.807) is 80.9 Å². The molecular formula is C95H86N10O28S3. The molecule has 0 saturated carbocycles. The molecule has 15 amide bonds. The molecule has 3 unspecified atom stereocenters. The Bertz CT molecular complexity index is 6520. The number of hydrogen-bond donors (Lipinski definition) is 8. The van der Waals surface area contributed by atoms with Crippen LogP contribution in [0.15, 0.2) is 221 Å². The maximum atomic E-state index is 12.6. The summed E-state index contributed by atoms with van der Waals surface area (Å²) in [5.41, 5.74) is 15.1. The summed E-state index contributed by atoms with van der Waals surface area (Å²) in [5, 5.41) is 26.2. The number of fused-ring (bicyclic) bond motifs is 12. The van der Waals surface area contributed by atoms with Gasteiger partial charge in [0.25, 0.3) is 79.3 Å². The van der Waals surface area contributed by atoms with Crippen molar-refractivity contribution in [2.24, 2.45) is 0 Å². The van der Waals surface area contributed by atoms with E-state index in [0.717, 1.165) is 121 Å². The lowest BCUT2D eigenvalue weighted by Gasteiger charge is -2.16. The van der Waals surface area contributed by atoms with Gasteiger partial charge in [0.15, 0.2) is 0 Å². The number of nitrogens with zero attached hydrogens (tertiary/aromatic N) is 5. The van der Waals surface area contributed by atoms with Crippen LogP contribution in [0.2, 0.25) is 0 Å². The smallest absolute Gasteiger partial charge is 0.295 e. The maximum absolute atomic E-state index is 12.6. The second kappa shape index (κ2) is 42.3. The second-order valence-electron chi connectivity index (χ2n) is 31.6. The van der Waals surface area contributed by atoms with E-state index in [0.29, 0.717) is 75.0 Å². The van der Waals surface area contributed by atoms with Gasteiger partial charge in [-0.3, -0.25) is 106 Å². The number of imide groups is 5. The number of nitrogens with one attached hydrogen (secondary N) is 5. The summed E-state index contributed by atoms with van der Waals surface area (Å²) in [4.78, 5) is 185. The highest BCUT2D eigenvalue weighted by molar-refractivity contribution is 7.94.